The summed E-state index contributed by atoms with van der Waals surface area (Å²) in [5.41, 5.74) is -0.860. The smallest absolute Gasteiger partial charge is 0.248 e. The van der Waals surface area contributed by atoms with Crippen molar-refractivity contribution in [3.63, 3.8) is 0 Å². The minimum atomic E-state index is -3.71. The molecule has 2 fully saturated rings. The molecule has 0 aromatic heterocycles. The van der Waals surface area contributed by atoms with Crippen LogP contribution in [0.25, 0.3) is 0 Å². The Balaban J connectivity index is 1.45. The maximum atomic E-state index is 13.3. The van der Waals surface area contributed by atoms with E-state index in [9.17, 15) is 18.0 Å². The first-order valence-corrected chi connectivity index (χ1v) is 12.2. The fourth-order valence-electron chi connectivity index (χ4n) is 4.65. The van der Waals surface area contributed by atoms with Crippen LogP contribution in [-0.4, -0.2) is 74.4 Å². The lowest BCUT2D eigenvalue weighted by atomic mass is 9.80. The molecule has 0 bridgehead atoms. The average molecular weight is 452 g/mol. The highest BCUT2D eigenvalue weighted by molar-refractivity contribution is 7.89. The van der Waals surface area contributed by atoms with Gasteiger partial charge in [-0.15, -0.1) is 0 Å². The van der Waals surface area contributed by atoms with Gasteiger partial charge in [0.1, 0.15) is 18.8 Å². The van der Waals surface area contributed by atoms with Crippen LogP contribution in [0.15, 0.2) is 23.1 Å². The molecule has 0 atom stereocenters. The van der Waals surface area contributed by atoms with Crippen molar-refractivity contribution >= 4 is 21.8 Å². The second-order valence-electron chi connectivity index (χ2n) is 8.33. The summed E-state index contributed by atoms with van der Waals surface area (Å²) in [7, 11) is -3.71. The lowest BCUT2D eigenvalue weighted by molar-refractivity contribution is -0.144. The number of carbonyl (C=O) groups is 2. The van der Waals surface area contributed by atoms with Crippen LogP contribution in [0, 0.1) is 0 Å². The van der Waals surface area contributed by atoms with Crippen molar-refractivity contribution in [3.05, 3.63) is 18.2 Å². The number of carbonyl (C=O) groups excluding carboxylic acids is 2. The van der Waals surface area contributed by atoms with Crippen LogP contribution >= 0.6 is 0 Å². The van der Waals surface area contributed by atoms with Gasteiger partial charge in [0.15, 0.2) is 11.5 Å². The van der Waals surface area contributed by atoms with E-state index in [1.54, 1.807) is 11.0 Å². The highest BCUT2D eigenvalue weighted by atomic mass is 32.2. The molecule has 170 valence electrons. The van der Waals surface area contributed by atoms with E-state index in [1.165, 1.54) is 23.4 Å². The summed E-state index contributed by atoms with van der Waals surface area (Å²) in [6.07, 6.45) is 4.09. The van der Waals surface area contributed by atoms with Gasteiger partial charge in [0.25, 0.3) is 0 Å². The second kappa shape index (κ2) is 8.66. The maximum Gasteiger partial charge on any atom is 0.248 e. The van der Waals surface area contributed by atoms with Gasteiger partial charge in [-0.1, -0.05) is 19.3 Å². The van der Waals surface area contributed by atoms with E-state index < -0.39 is 15.6 Å². The lowest BCUT2D eigenvalue weighted by Crippen LogP contribution is -2.63. The van der Waals surface area contributed by atoms with E-state index in [1.807, 2.05) is 0 Å². The van der Waals surface area contributed by atoms with Crippen molar-refractivity contribution in [1.82, 2.24) is 14.5 Å². The molecule has 4 rings (SSSR count). The van der Waals surface area contributed by atoms with Gasteiger partial charge in [-0.3, -0.25) is 9.59 Å². The highest BCUT2D eigenvalue weighted by Crippen LogP contribution is 2.34. The van der Waals surface area contributed by atoms with Gasteiger partial charge < -0.3 is 19.7 Å². The van der Waals surface area contributed by atoms with Crippen LogP contribution < -0.4 is 14.8 Å². The zero-order valence-electron chi connectivity index (χ0n) is 17.8. The Morgan fingerprint density at radius 3 is 2.26 bits per heavy atom. The van der Waals surface area contributed by atoms with Crippen LogP contribution in [0.5, 0.6) is 11.5 Å². The molecule has 1 aliphatic carbocycles. The van der Waals surface area contributed by atoms with E-state index in [0.717, 1.165) is 19.3 Å². The van der Waals surface area contributed by atoms with Gasteiger partial charge >= 0.3 is 0 Å². The summed E-state index contributed by atoms with van der Waals surface area (Å²) >= 11 is 0. The first-order chi connectivity index (χ1) is 14.8. The Morgan fingerprint density at radius 2 is 1.61 bits per heavy atom. The third-order valence-electron chi connectivity index (χ3n) is 6.21. The van der Waals surface area contributed by atoms with Gasteiger partial charge in [0.2, 0.25) is 21.8 Å². The first kappa shape index (κ1) is 21.9. The van der Waals surface area contributed by atoms with Crippen molar-refractivity contribution < 1.29 is 27.5 Å². The largest absolute Gasteiger partial charge is 0.486 e. The Bertz CT molecular complexity index is 950. The van der Waals surface area contributed by atoms with Crippen molar-refractivity contribution in [2.75, 3.05) is 39.4 Å². The molecule has 2 amide bonds. The molecule has 10 heteroatoms. The predicted molar refractivity (Wildman–Crippen MR) is 112 cm³/mol. The summed E-state index contributed by atoms with van der Waals surface area (Å²) in [4.78, 5) is 26.9. The van der Waals surface area contributed by atoms with Gasteiger partial charge in [-0.25, -0.2) is 8.42 Å². The van der Waals surface area contributed by atoms with Gasteiger partial charge in [0, 0.05) is 39.2 Å². The molecular weight excluding hydrogens is 422 g/mol. The van der Waals surface area contributed by atoms with E-state index in [4.69, 9.17) is 9.47 Å². The summed E-state index contributed by atoms with van der Waals surface area (Å²) in [5.74, 6) is 0.654. The number of nitrogens with one attached hydrogen (secondary N) is 1. The zero-order chi connectivity index (χ0) is 22.1. The summed E-state index contributed by atoms with van der Waals surface area (Å²) in [6.45, 7) is 3.26. The van der Waals surface area contributed by atoms with Crippen LogP contribution in [-0.2, 0) is 19.6 Å². The summed E-state index contributed by atoms with van der Waals surface area (Å²) < 4.78 is 38.6. The molecule has 1 aromatic carbocycles. The molecule has 2 heterocycles. The van der Waals surface area contributed by atoms with Gasteiger partial charge in [-0.05, 0) is 25.0 Å². The topological polar surface area (TPSA) is 105 Å². The van der Waals surface area contributed by atoms with E-state index in [2.05, 4.69) is 5.32 Å². The SMILES string of the molecule is CC(=O)NC1(C(=O)N2CCN(S(=O)(=O)c3ccc4c(c3)OCCO4)CC2)CCCCC1. The highest BCUT2D eigenvalue weighted by Gasteiger charge is 2.44. The summed E-state index contributed by atoms with van der Waals surface area (Å²) in [5, 5.41) is 2.90. The van der Waals surface area contributed by atoms with Crippen LogP contribution in [0.3, 0.4) is 0 Å². The van der Waals surface area contributed by atoms with E-state index >= 15 is 0 Å². The normalized spacial score (nSPS) is 21.4. The first-order valence-electron chi connectivity index (χ1n) is 10.8. The number of hydrogen-bond donors (Lipinski definition) is 1. The Kier molecular flexibility index (Phi) is 6.11. The third-order valence-corrected chi connectivity index (χ3v) is 8.10. The molecule has 0 radical (unpaired) electrons. The van der Waals surface area contributed by atoms with Gasteiger partial charge in [0.05, 0.1) is 4.90 Å². The fourth-order valence-corrected chi connectivity index (χ4v) is 6.09. The monoisotopic (exact) mass is 451 g/mol. The Morgan fingerprint density at radius 1 is 0.968 bits per heavy atom. The number of fused-ring (bicyclic) bond motifs is 1. The standard InChI is InChI=1S/C21H29N3O6S/c1-16(25)22-21(7-3-2-4-8-21)20(26)23-9-11-24(12-10-23)31(27,28)17-5-6-18-19(15-17)30-14-13-29-18/h5-6,15H,2-4,7-14H2,1H3,(H,22,25). The van der Waals surface area contributed by atoms with Crippen LogP contribution in [0.4, 0.5) is 0 Å². The Labute approximate surface area is 182 Å². The fraction of sp³-hybridized carbons (Fsp3) is 0.619. The van der Waals surface area contributed by atoms with E-state index in [0.29, 0.717) is 50.6 Å². The third kappa shape index (κ3) is 4.36. The number of piperazine rings is 1. The molecule has 2 aliphatic heterocycles. The molecule has 0 unspecified atom stereocenters. The average Bonchev–Trinajstić information content (AvgIpc) is 2.78. The number of ether oxygens (including phenoxy) is 2. The number of hydrogen-bond acceptors (Lipinski definition) is 6. The second-order valence-corrected chi connectivity index (χ2v) is 10.3. The molecule has 1 saturated carbocycles. The lowest BCUT2D eigenvalue weighted by Gasteiger charge is -2.42. The van der Waals surface area contributed by atoms with Gasteiger partial charge in [-0.2, -0.15) is 4.31 Å². The number of rotatable bonds is 4. The minimum absolute atomic E-state index is 0.0984. The van der Waals surface area contributed by atoms with Crippen molar-refractivity contribution in [2.24, 2.45) is 0 Å². The summed E-state index contributed by atoms with van der Waals surface area (Å²) in [6, 6.07) is 4.63. The molecule has 1 saturated heterocycles. The number of nitrogens with zero attached hydrogens (tertiary/aromatic N) is 2. The molecule has 3 aliphatic rings. The minimum Gasteiger partial charge on any atom is -0.486 e. The molecule has 9 nitrogen and oxygen atoms in total. The number of benzene rings is 1. The van der Waals surface area contributed by atoms with Crippen LogP contribution in [0.2, 0.25) is 0 Å². The Hall–Kier alpha value is -2.33. The van der Waals surface area contributed by atoms with Crippen molar-refractivity contribution in [1.29, 1.82) is 0 Å². The predicted octanol–water partition coefficient (Wildman–Crippen LogP) is 1.13. The molecule has 31 heavy (non-hydrogen) atoms. The molecule has 1 N–H and O–H groups in total. The number of amides is 2. The van der Waals surface area contributed by atoms with E-state index in [-0.39, 0.29) is 29.8 Å². The van der Waals surface area contributed by atoms with Crippen LogP contribution in [0.1, 0.15) is 39.0 Å². The molecule has 1 aromatic rings. The molecular formula is C21H29N3O6S. The maximum absolute atomic E-state index is 13.3. The molecule has 0 spiro atoms. The van der Waals surface area contributed by atoms with Crippen molar-refractivity contribution in [3.8, 4) is 11.5 Å². The number of sulfonamides is 1. The quantitative estimate of drug-likeness (QED) is 0.736. The zero-order valence-corrected chi connectivity index (χ0v) is 18.6. The van der Waals surface area contributed by atoms with Crippen molar-refractivity contribution in [2.45, 2.75) is 49.5 Å².